The first-order valence-corrected chi connectivity index (χ1v) is 11.7. The molecule has 1 N–H and O–H groups in total. The molecule has 3 fully saturated rings. The van der Waals surface area contributed by atoms with Crippen LogP contribution in [0.3, 0.4) is 0 Å². The van der Waals surface area contributed by atoms with Crippen LogP contribution in [0.2, 0.25) is 0 Å². The first-order chi connectivity index (χ1) is 15.6. The Kier molecular flexibility index (Phi) is 6.11. The van der Waals surface area contributed by atoms with Crippen molar-refractivity contribution in [1.82, 2.24) is 15.2 Å². The normalized spacial score (nSPS) is 26.8. The molecule has 32 heavy (non-hydrogen) atoms. The fraction of sp³-hybridized carbons (Fsp3) is 0.520. The number of halogens is 1. The predicted molar refractivity (Wildman–Crippen MR) is 121 cm³/mol. The molecule has 7 heteroatoms. The van der Waals surface area contributed by atoms with Crippen molar-refractivity contribution in [3.8, 4) is 0 Å². The minimum Gasteiger partial charge on any atom is -0.378 e. The zero-order valence-corrected chi connectivity index (χ0v) is 18.4. The average molecular weight is 439 g/mol. The fourth-order valence-corrected chi connectivity index (χ4v) is 5.56. The van der Waals surface area contributed by atoms with Gasteiger partial charge in [0.15, 0.2) is 0 Å². The molecule has 1 amide bonds. The molecule has 170 valence electrons. The smallest absolute Gasteiger partial charge is 0.220 e. The topological polar surface area (TPSA) is 57.7 Å². The van der Waals surface area contributed by atoms with E-state index in [0.29, 0.717) is 31.9 Å². The molecule has 0 bridgehead atoms. The quantitative estimate of drug-likeness (QED) is 0.795. The number of hydrogen-bond acceptors (Lipinski definition) is 5. The number of likely N-dealkylation sites (tertiary alicyclic amines) is 1. The second-order valence-corrected chi connectivity index (χ2v) is 9.27. The number of benzene rings is 1. The number of pyridine rings is 1. The summed E-state index contributed by atoms with van der Waals surface area (Å²) < 4.78 is 20.3. The molecule has 1 spiro atoms. The Balaban J connectivity index is 1.36. The van der Waals surface area contributed by atoms with Gasteiger partial charge in [-0.3, -0.25) is 14.7 Å². The lowest BCUT2D eigenvalue weighted by Crippen LogP contribution is -2.52. The molecule has 0 saturated carbocycles. The van der Waals surface area contributed by atoms with E-state index in [2.05, 4.69) is 21.3 Å². The monoisotopic (exact) mass is 438 g/mol. The van der Waals surface area contributed by atoms with Crippen LogP contribution in [-0.4, -0.2) is 60.7 Å². The van der Waals surface area contributed by atoms with Crippen molar-refractivity contribution in [2.24, 2.45) is 0 Å². The summed E-state index contributed by atoms with van der Waals surface area (Å²) in [6.07, 6.45) is 5.31. The van der Waals surface area contributed by atoms with Crippen molar-refractivity contribution in [2.75, 3.05) is 44.3 Å². The third kappa shape index (κ3) is 4.36. The van der Waals surface area contributed by atoms with Gasteiger partial charge in [-0.25, -0.2) is 4.39 Å². The summed E-state index contributed by atoms with van der Waals surface area (Å²) in [4.78, 5) is 21.5. The molecule has 2 atom stereocenters. The van der Waals surface area contributed by atoms with Gasteiger partial charge in [0.1, 0.15) is 5.82 Å². The van der Waals surface area contributed by atoms with Gasteiger partial charge in [-0.1, -0.05) is 18.6 Å². The van der Waals surface area contributed by atoms with Gasteiger partial charge in [-0.05, 0) is 42.7 Å². The number of rotatable bonds is 4. The number of amides is 1. The summed E-state index contributed by atoms with van der Waals surface area (Å²) in [5, 5.41) is 3.37. The Morgan fingerprint density at radius 1 is 1.19 bits per heavy atom. The summed E-state index contributed by atoms with van der Waals surface area (Å²) >= 11 is 0. The van der Waals surface area contributed by atoms with Crippen LogP contribution in [0.4, 0.5) is 10.1 Å². The minimum absolute atomic E-state index is 0.128. The number of anilines is 1. The molecule has 3 aliphatic rings. The molecule has 5 rings (SSSR count). The van der Waals surface area contributed by atoms with E-state index in [-0.39, 0.29) is 23.2 Å². The molecule has 0 radical (unpaired) electrons. The van der Waals surface area contributed by atoms with Gasteiger partial charge in [-0.15, -0.1) is 0 Å². The van der Waals surface area contributed by atoms with Gasteiger partial charge in [0, 0.05) is 57.0 Å². The highest BCUT2D eigenvalue weighted by atomic mass is 19.1. The lowest BCUT2D eigenvalue weighted by molar-refractivity contribution is -0.122. The van der Waals surface area contributed by atoms with Crippen molar-refractivity contribution in [3.63, 3.8) is 0 Å². The fourth-order valence-electron chi connectivity index (χ4n) is 5.56. The van der Waals surface area contributed by atoms with Crippen LogP contribution in [-0.2, 0) is 16.1 Å². The van der Waals surface area contributed by atoms with Crippen LogP contribution in [0.1, 0.15) is 42.9 Å². The molecular weight excluding hydrogens is 407 g/mol. The average Bonchev–Trinajstić information content (AvgIpc) is 3.03. The zero-order chi connectivity index (χ0) is 22.0. The summed E-state index contributed by atoms with van der Waals surface area (Å²) in [6, 6.07) is 11.6. The van der Waals surface area contributed by atoms with Crippen molar-refractivity contribution < 1.29 is 13.9 Å². The van der Waals surface area contributed by atoms with E-state index in [1.54, 1.807) is 6.07 Å². The van der Waals surface area contributed by atoms with Gasteiger partial charge in [-0.2, -0.15) is 0 Å². The molecule has 4 heterocycles. The molecular formula is C25H31FN4O2. The first kappa shape index (κ1) is 21.3. The van der Waals surface area contributed by atoms with E-state index in [9.17, 15) is 9.18 Å². The Bertz CT molecular complexity index is 950. The van der Waals surface area contributed by atoms with Crippen LogP contribution in [0.25, 0.3) is 0 Å². The number of hydrogen-bond donors (Lipinski definition) is 1. The highest BCUT2D eigenvalue weighted by molar-refractivity contribution is 5.77. The largest absolute Gasteiger partial charge is 0.378 e. The lowest BCUT2D eigenvalue weighted by Gasteiger charge is -2.34. The lowest BCUT2D eigenvalue weighted by atomic mass is 9.81. The number of aromatic nitrogens is 1. The van der Waals surface area contributed by atoms with E-state index >= 15 is 0 Å². The predicted octanol–water partition coefficient (Wildman–Crippen LogP) is 3.09. The Hall–Kier alpha value is -2.51. The van der Waals surface area contributed by atoms with E-state index in [1.807, 2.05) is 35.4 Å². The summed E-state index contributed by atoms with van der Waals surface area (Å²) in [7, 11) is 0. The second kappa shape index (κ2) is 9.16. The van der Waals surface area contributed by atoms with Crippen LogP contribution in [0.15, 0.2) is 42.6 Å². The summed E-state index contributed by atoms with van der Waals surface area (Å²) in [5.74, 6) is 0.0803. The van der Waals surface area contributed by atoms with Crippen molar-refractivity contribution in [2.45, 2.75) is 43.7 Å². The Labute approximate surface area is 188 Å². The molecule has 2 aromatic rings. The van der Waals surface area contributed by atoms with Gasteiger partial charge < -0.3 is 15.0 Å². The van der Waals surface area contributed by atoms with E-state index in [4.69, 9.17) is 4.74 Å². The molecule has 6 nitrogen and oxygen atoms in total. The van der Waals surface area contributed by atoms with Crippen LogP contribution < -0.4 is 10.2 Å². The third-order valence-electron chi connectivity index (χ3n) is 7.09. The maximum atomic E-state index is 14.9. The molecule has 0 unspecified atom stereocenters. The zero-order valence-electron chi connectivity index (χ0n) is 18.4. The summed E-state index contributed by atoms with van der Waals surface area (Å²) in [6.45, 7) is 4.92. The molecule has 1 aromatic carbocycles. The van der Waals surface area contributed by atoms with Crippen molar-refractivity contribution >= 4 is 11.6 Å². The maximum Gasteiger partial charge on any atom is 0.220 e. The highest BCUT2D eigenvalue weighted by Gasteiger charge is 2.49. The minimum atomic E-state index is -0.311. The first-order valence-electron chi connectivity index (χ1n) is 11.7. The van der Waals surface area contributed by atoms with E-state index < -0.39 is 0 Å². The molecule has 0 aliphatic carbocycles. The van der Waals surface area contributed by atoms with Gasteiger partial charge in [0.25, 0.3) is 0 Å². The van der Waals surface area contributed by atoms with Crippen LogP contribution in [0.5, 0.6) is 0 Å². The van der Waals surface area contributed by atoms with Gasteiger partial charge in [0.2, 0.25) is 5.91 Å². The Morgan fingerprint density at radius 3 is 2.84 bits per heavy atom. The molecule has 3 aliphatic heterocycles. The number of ether oxygens (including phenoxy) is 1. The highest BCUT2D eigenvalue weighted by Crippen LogP contribution is 2.40. The van der Waals surface area contributed by atoms with E-state index in [0.717, 1.165) is 56.7 Å². The number of nitrogens with zero attached hydrogens (tertiary/aromatic N) is 3. The van der Waals surface area contributed by atoms with Gasteiger partial charge in [0.05, 0.1) is 24.4 Å². The SMILES string of the molecule is O=C1CCCC[C@]2(CN(Cc3ccc(N4CCOCC4)c(F)c3)C[C@H]2c2ccccn2)N1. The van der Waals surface area contributed by atoms with Crippen molar-refractivity contribution in [3.05, 3.63) is 59.7 Å². The number of carbonyl (C=O) groups is 1. The van der Waals surface area contributed by atoms with Crippen LogP contribution in [0, 0.1) is 5.82 Å². The molecule has 3 saturated heterocycles. The standard InChI is InChI=1S/C25H31FN4O2/c26-21-15-19(7-8-23(21)30-11-13-32-14-12-30)16-29-17-20(22-5-2-4-10-27-22)25(18-29)9-3-1-6-24(31)28-25/h2,4-5,7-8,10,15,20H,1,3,6,9,11-14,16-18H2,(H,28,31)/t20-,25+/m0/s1. The Morgan fingerprint density at radius 2 is 2.06 bits per heavy atom. The number of nitrogens with one attached hydrogen (secondary N) is 1. The van der Waals surface area contributed by atoms with Crippen LogP contribution >= 0.6 is 0 Å². The summed E-state index contributed by atoms with van der Waals surface area (Å²) in [5.41, 5.74) is 2.31. The maximum absolute atomic E-state index is 14.9. The second-order valence-electron chi connectivity index (χ2n) is 9.27. The van der Waals surface area contributed by atoms with Gasteiger partial charge >= 0.3 is 0 Å². The number of carbonyl (C=O) groups excluding carboxylic acids is 1. The molecule has 1 aromatic heterocycles. The van der Waals surface area contributed by atoms with E-state index in [1.165, 1.54) is 0 Å². The van der Waals surface area contributed by atoms with Crippen molar-refractivity contribution in [1.29, 1.82) is 0 Å². The third-order valence-corrected chi connectivity index (χ3v) is 7.09. The number of morpholine rings is 1.